The average molecular weight is 416 g/mol. The summed E-state index contributed by atoms with van der Waals surface area (Å²) >= 11 is 1.28. The first-order valence-corrected chi connectivity index (χ1v) is 10.3. The third-order valence-corrected chi connectivity index (χ3v) is 5.62. The van der Waals surface area contributed by atoms with E-state index in [0.717, 1.165) is 17.7 Å². The lowest BCUT2D eigenvalue weighted by Crippen LogP contribution is -2.25. The van der Waals surface area contributed by atoms with Crippen LogP contribution in [0.2, 0.25) is 0 Å². The van der Waals surface area contributed by atoms with Gasteiger partial charge < -0.3 is 10.1 Å². The summed E-state index contributed by atoms with van der Waals surface area (Å²) in [5.41, 5.74) is 1.78. The van der Waals surface area contributed by atoms with Gasteiger partial charge in [-0.25, -0.2) is 4.68 Å². The zero-order chi connectivity index (χ0) is 21.0. The summed E-state index contributed by atoms with van der Waals surface area (Å²) in [7, 11) is 1.60. The van der Waals surface area contributed by atoms with Gasteiger partial charge in [-0.1, -0.05) is 24.8 Å². The van der Waals surface area contributed by atoms with E-state index in [1.807, 2.05) is 36.7 Å². The van der Waals surface area contributed by atoms with E-state index in [0.29, 0.717) is 16.7 Å². The van der Waals surface area contributed by atoms with Crippen LogP contribution in [0.4, 0.5) is 5.82 Å². The number of ether oxygens (including phenoxy) is 1. The second-order valence-corrected chi connectivity index (χ2v) is 8.02. The van der Waals surface area contributed by atoms with Gasteiger partial charge in [-0.05, 0) is 55.3 Å². The Labute approximate surface area is 173 Å². The monoisotopic (exact) mass is 415 g/mol. The van der Waals surface area contributed by atoms with E-state index in [2.05, 4.69) is 39.8 Å². The Hall–Kier alpha value is -2.88. The van der Waals surface area contributed by atoms with E-state index in [9.17, 15) is 4.79 Å². The molecule has 2 aromatic heterocycles. The van der Waals surface area contributed by atoms with Crippen molar-refractivity contribution in [3.05, 3.63) is 36.0 Å². The Morgan fingerprint density at radius 2 is 2.10 bits per heavy atom. The number of nitrogens with zero attached hydrogens (tertiary/aromatic N) is 6. The minimum absolute atomic E-state index is 0.147. The lowest BCUT2D eigenvalue weighted by Gasteiger charge is -2.16. The lowest BCUT2D eigenvalue weighted by molar-refractivity contribution is -0.115. The van der Waals surface area contributed by atoms with Gasteiger partial charge >= 0.3 is 0 Å². The van der Waals surface area contributed by atoms with Gasteiger partial charge in [-0.2, -0.15) is 9.78 Å². The number of hydrogen-bond donors (Lipinski definition) is 1. The number of benzene rings is 1. The van der Waals surface area contributed by atoms with Crippen molar-refractivity contribution in [3.63, 3.8) is 0 Å². The number of thioether (sulfide) groups is 1. The predicted octanol–water partition coefficient (Wildman–Crippen LogP) is 3.27. The van der Waals surface area contributed by atoms with Crippen molar-refractivity contribution in [1.82, 2.24) is 30.0 Å². The topological polar surface area (TPSA) is 99.8 Å². The van der Waals surface area contributed by atoms with E-state index in [-0.39, 0.29) is 11.9 Å². The molecule has 0 aliphatic heterocycles. The largest absolute Gasteiger partial charge is 0.494 e. The molecule has 0 radical (unpaired) electrons. The van der Waals surface area contributed by atoms with Crippen LogP contribution in [-0.4, -0.2) is 48.3 Å². The number of carbonyl (C=O) groups excluding carboxylic acids is 1. The summed E-state index contributed by atoms with van der Waals surface area (Å²) in [5.74, 6) is 1.18. The maximum absolute atomic E-state index is 12.7. The summed E-state index contributed by atoms with van der Waals surface area (Å²) < 4.78 is 8.84. The van der Waals surface area contributed by atoms with Gasteiger partial charge in [0.15, 0.2) is 0 Å². The molecule has 1 N–H and O–H groups in total. The first-order valence-electron chi connectivity index (χ1n) is 9.39. The van der Waals surface area contributed by atoms with Gasteiger partial charge in [0.05, 0.1) is 24.6 Å². The Morgan fingerprint density at radius 1 is 1.31 bits per heavy atom. The molecule has 3 rings (SSSR count). The number of carbonyl (C=O) groups is 1. The van der Waals surface area contributed by atoms with E-state index in [1.54, 1.807) is 24.1 Å². The maximum Gasteiger partial charge on any atom is 0.238 e. The normalized spacial score (nSPS) is 13.1. The van der Waals surface area contributed by atoms with Gasteiger partial charge in [0.1, 0.15) is 17.3 Å². The molecule has 29 heavy (non-hydrogen) atoms. The van der Waals surface area contributed by atoms with Crippen LogP contribution in [0.5, 0.6) is 5.75 Å². The number of tetrazole rings is 1. The molecule has 0 aliphatic carbocycles. The molecule has 0 saturated carbocycles. The quantitative estimate of drug-likeness (QED) is 0.564. The first kappa shape index (κ1) is 20.8. The highest BCUT2D eigenvalue weighted by atomic mass is 32.2. The summed E-state index contributed by atoms with van der Waals surface area (Å²) in [6.07, 6.45) is 2.60. The van der Waals surface area contributed by atoms with Crippen LogP contribution in [-0.2, 0) is 4.79 Å². The first-order chi connectivity index (χ1) is 13.9. The molecule has 10 heteroatoms. The van der Waals surface area contributed by atoms with Crippen LogP contribution in [0.1, 0.15) is 38.8 Å². The number of amides is 1. The van der Waals surface area contributed by atoms with Gasteiger partial charge in [0.25, 0.3) is 0 Å². The van der Waals surface area contributed by atoms with Crippen LogP contribution < -0.4 is 10.1 Å². The van der Waals surface area contributed by atoms with Crippen molar-refractivity contribution >= 4 is 23.5 Å². The van der Waals surface area contributed by atoms with Crippen molar-refractivity contribution < 1.29 is 9.53 Å². The van der Waals surface area contributed by atoms with Crippen LogP contribution in [0.3, 0.4) is 0 Å². The highest BCUT2D eigenvalue weighted by Gasteiger charge is 2.22. The number of methoxy groups -OCH3 is 1. The predicted molar refractivity (Wildman–Crippen MR) is 112 cm³/mol. The smallest absolute Gasteiger partial charge is 0.238 e. The summed E-state index contributed by atoms with van der Waals surface area (Å²) in [4.78, 5) is 12.7. The molecule has 1 aromatic carbocycles. The highest BCUT2D eigenvalue weighted by molar-refractivity contribution is 8.00. The standard InChI is InChI=1S/C19H25N7O2S/c1-6-13(3)25-17(9-10-20-25)21-18(27)14(4)29-19-22-23-24-26(19)15-11-12(2)7-8-16(15)28-5/h7-11,13-14H,6H2,1-5H3,(H,21,27)/t13-,14-/m0/s1. The molecule has 0 aliphatic rings. The van der Waals surface area contributed by atoms with Crippen molar-refractivity contribution in [2.75, 3.05) is 12.4 Å². The molecular weight excluding hydrogens is 390 g/mol. The van der Waals surface area contributed by atoms with E-state index >= 15 is 0 Å². The van der Waals surface area contributed by atoms with Crippen molar-refractivity contribution in [3.8, 4) is 11.4 Å². The number of anilines is 1. The number of hydrogen-bond acceptors (Lipinski definition) is 7. The molecule has 0 bridgehead atoms. The third-order valence-electron chi connectivity index (χ3n) is 4.58. The lowest BCUT2D eigenvalue weighted by atomic mass is 10.2. The number of nitrogens with one attached hydrogen (secondary N) is 1. The minimum Gasteiger partial charge on any atom is -0.494 e. The second kappa shape index (κ2) is 9.08. The van der Waals surface area contributed by atoms with Crippen molar-refractivity contribution in [2.45, 2.75) is 50.6 Å². The van der Waals surface area contributed by atoms with E-state index in [1.165, 1.54) is 11.8 Å². The fourth-order valence-corrected chi connectivity index (χ4v) is 3.55. The molecular formula is C19H25N7O2S. The molecule has 0 unspecified atom stereocenters. The third kappa shape index (κ3) is 4.58. The SMILES string of the molecule is CC[C@H](C)n1nccc1NC(=O)[C@H](C)Sc1nnnn1-c1cc(C)ccc1OC. The van der Waals surface area contributed by atoms with Crippen molar-refractivity contribution in [1.29, 1.82) is 0 Å². The summed E-state index contributed by atoms with van der Waals surface area (Å²) in [6.45, 7) is 7.94. The number of aryl methyl sites for hydroxylation is 1. The van der Waals surface area contributed by atoms with E-state index < -0.39 is 5.25 Å². The molecule has 154 valence electrons. The average Bonchev–Trinajstić information content (AvgIpc) is 3.36. The molecule has 2 heterocycles. The molecule has 0 spiro atoms. The number of rotatable bonds is 8. The fraction of sp³-hybridized carbons (Fsp3) is 0.421. The van der Waals surface area contributed by atoms with Gasteiger partial charge in [-0.3, -0.25) is 4.79 Å². The Kier molecular flexibility index (Phi) is 6.53. The van der Waals surface area contributed by atoms with Crippen LogP contribution >= 0.6 is 11.8 Å². The summed E-state index contributed by atoms with van der Waals surface area (Å²) in [5, 5.41) is 19.3. The molecule has 0 fully saturated rings. The molecule has 9 nitrogen and oxygen atoms in total. The Morgan fingerprint density at radius 3 is 2.83 bits per heavy atom. The second-order valence-electron chi connectivity index (χ2n) is 6.72. The van der Waals surface area contributed by atoms with Crippen LogP contribution in [0.15, 0.2) is 35.6 Å². The maximum atomic E-state index is 12.7. The molecule has 1 amide bonds. The van der Waals surface area contributed by atoms with Gasteiger partial charge in [0, 0.05) is 6.07 Å². The highest BCUT2D eigenvalue weighted by Crippen LogP contribution is 2.29. The minimum atomic E-state index is -0.421. The molecule has 3 aromatic rings. The molecule has 0 saturated heterocycles. The zero-order valence-electron chi connectivity index (χ0n) is 17.2. The Bertz CT molecular complexity index is 985. The van der Waals surface area contributed by atoms with Crippen molar-refractivity contribution in [2.24, 2.45) is 0 Å². The van der Waals surface area contributed by atoms with Crippen LogP contribution in [0.25, 0.3) is 5.69 Å². The Balaban J connectivity index is 1.77. The zero-order valence-corrected chi connectivity index (χ0v) is 18.0. The summed E-state index contributed by atoms with van der Waals surface area (Å²) in [6, 6.07) is 7.75. The van der Waals surface area contributed by atoms with Crippen LogP contribution in [0, 0.1) is 6.92 Å². The van der Waals surface area contributed by atoms with Gasteiger partial charge in [-0.15, -0.1) is 5.10 Å². The van der Waals surface area contributed by atoms with E-state index in [4.69, 9.17) is 4.74 Å². The van der Waals surface area contributed by atoms with Gasteiger partial charge in [0.2, 0.25) is 11.1 Å². The number of aromatic nitrogens is 6. The fourth-order valence-electron chi connectivity index (χ4n) is 2.75. The molecule has 2 atom stereocenters.